The maximum Gasteiger partial charge on any atom is 0.325 e. The molecule has 0 saturated carbocycles. The van der Waals surface area contributed by atoms with Crippen LogP contribution in [0.15, 0.2) is 45.0 Å². The zero-order chi connectivity index (χ0) is 29.2. The van der Waals surface area contributed by atoms with Gasteiger partial charge < -0.3 is 24.4 Å². The molecule has 212 valence electrons. The van der Waals surface area contributed by atoms with Gasteiger partial charge in [0.1, 0.15) is 24.5 Å². The zero-order valence-electron chi connectivity index (χ0n) is 22.3. The summed E-state index contributed by atoms with van der Waals surface area (Å²) >= 11 is 1.22. The number of benzene rings is 2. The summed E-state index contributed by atoms with van der Waals surface area (Å²) in [6, 6.07) is 7.27. The van der Waals surface area contributed by atoms with E-state index in [9.17, 15) is 24.5 Å². The molecule has 0 spiro atoms. The molecule has 0 aliphatic carbocycles. The van der Waals surface area contributed by atoms with Gasteiger partial charge >= 0.3 is 11.9 Å². The van der Waals surface area contributed by atoms with Gasteiger partial charge in [-0.25, -0.2) is 4.40 Å². The van der Waals surface area contributed by atoms with Crippen LogP contribution in [0.3, 0.4) is 0 Å². The first-order chi connectivity index (χ1) is 19.2. The lowest BCUT2D eigenvalue weighted by atomic mass is 10.2. The summed E-state index contributed by atoms with van der Waals surface area (Å²) < 4.78 is 19.9. The van der Waals surface area contributed by atoms with Crippen molar-refractivity contribution in [2.45, 2.75) is 20.8 Å². The molecule has 15 heteroatoms. The number of nitrogens with one attached hydrogen (secondary N) is 1. The van der Waals surface area contributed by atoms with Gasteiger partial charge in [0.05, 0.1) is 53.4 Å². The Morgan fingerprint density at radius 3 is 2.35 bits per heavy atom. The molecule has 2 aromatic rings. The lowest BCUT2D eigenvalue weighted by Gasteiger charge is -2.25. The molecule has 0 fully saturated rings. The van der Waals surface area contributed by atoms with Crippen LogP contribution in [0, 0.1) is 10.1 Å². The van der Waals surface area contributed by atoms with Crippen LogP contribution in [-0.2, 0) is 23.9 Å². The second-order valence-corrected chi connectivity index (χ2v) is 8.89. The SMILES string of the molecule is CCOC(=O)CN(CC(=O)OCC)c1cc(NC(C)=O)c(/N=N/C2=c3cc([N+](=O)[O-])ccc3=NSC2)cc1OC. The van der Waals surface area contributed by atoms with Crippen molar-refractivity contribution in [1.29, 1.82) is 0 Å². The molecular weight excluding hydrogens is 544 g/mol. The summed E-state index contributed by atoms with van der Waals surface area (Å²) in [6.45, 7) is 4.35. The molecule has 40 heavy (non-hydrogen) atoms. The molecule has 0 atom stereocenters. The molecule has 1 heterocycles. The van der Waals surface area contributed by atoms with Crippen molar-refractivity contribution in [2.24, 2.45) is 14.6 Å². The molecule has 2 aromatic carbocycles. The third-order valence-corrected chi connectivity index (χ3v) is 6.07. The summed E-state index contributed by atoms with van der Waals surface area (Å²) in [4.78, 5) is 48.9. The highest BCUT2D eigenvalue weighted by molar-refractivity contribution is 7.98. The van der Waals surface area contributed by atoms with Crippen LogP contribution in [0.5, 0.6) is 5.75 Å². The summed E-state index contributed by atoms with van der Waals surface area (Å²) in [6.07, 6.45) is 0. The Bertz CT molecular complexity index is 1440. The van der Waals surface area contributed by atoms with E-state index in [1.807, 2.05) is 0 Å². The molecule has 0 bridgehead atoms. The number of rotatable bonds is 12. The first-order valence-electron chi connectivity index (χ1n) is 12.1. The minimum Gasteiger partial charge on any atom is -0.494 e. The average Bonchev–Trinajstić information content (AvgIpc) is 2.91. The van der Waals surface area contributed by atoms with Gasteiger partial charge in [0, 0.05) is 30.3 Å². The van der Waals surface area contributed by atoms with E-state index >= 15 is 0 Å². The summed E-state index contributed by atoms with van der Waals surface area (Å²) in [5, 5.41) is 23.6. The minimum absolute atomic E-state index is 0.109. The van der Waals surface area contributed by atoms with Gasteiger partial charge in [-0.05, 0) is 37.9 Å². The van der Waals surface area contributed by atoms with Gasteiger partial charge in [-0.1, -0.05) is 0 Å². The van der Waals surface area contributed by atoms with Gasteiger partial charge in [-0.3, -0.25) is 24.5 Å². The third-order valence-electron chi connectivity index (χ3n) is 5.34. The molecule has 0 radical (unpaired) electrons. The first kappa shape index (κ1) is 30.0. The van der Waals surface area contributed by atoms with Crippen LogP contribution in [0.2, 0.25) is 0 Å². The molecular formula is C25H28N6O8S. The molecule has 1 N–H and O–H groups in total. The van der Waals surface area contributed by atoms with Gasteiger partial charge in [0.25, 0.3) is 5.69 Å². The number of methoxy groups -OCH3 is 1. The molecule has 1 aliphatic rings. The lowest BCUT2D eigenvalue weighted by Crippen LogP contribution is -2.36. The maximum absolute atomic E-state index is 12.3. The summed E-state index contributed by atoms with van der Waals surface area (Å²) in [5.74, 6) is -1.03. The van der Waals surface area contributed by atoms with Crippen LogP contribution in [0.25, 0.3) is 5.70 Å². The van der Waals surface area contributed by atoms with E-state index in [1.165, 1.54) is 61.2 Å². The molecule has 1 aliphatic heterocycles. The molecule has 0 saturated heterocycles. The third kappa shape index (κ3) is 7.75. The monoisotopic (exact) mass is 572 g/mol. The Kier molecular flexibility index (Phi) is 10.5. The number of anilines is 2. The predicted octanol–water partition coefficient (Wildman–Crippen LogP) is 2.67. The van der Waals surface area contributed by atoms with Gasteiger partial charge in [-0.2, -0.15) is 5.11 Å². The fourth-order valence-corrected chi connectivity index (χ4v) is 4.38. The molecule has 0 aromatic heterocycles. The number of hydrogen-bond donors (Lipinski definition) is 1. The van der Waals surface area contributed by atoms with Gasteiger partial charge in [-0.15, -0.1) is 5.11 Å². The fraction of sp³-hybridized carbons (Fsp3) is 0.360. The Hall–Kier alpha value is -4.53. The van der Waals surface area contributed by atoms with Crippen molar-refractivity contribution in [3.63, 3.8) is 0 Å². The second-order valence-electron chi connectivity index (χ2n) is 8.16. The Morgan fingerprint density at radius 1 is 1.10 bits per heavy atom. The van der Waals surface area contributed by atoms with E-state index in [4.69, 9.17) is 14.2 Å². The Balaban J connectivity index is 2.12. The van der Waals surface area contributed by atoms with E-state index in [1.54, 1.807) is 13.8 Å². The highest BCUT2D eigenvalue weighted by Crippen LogP contribution is 2.39. The van der Waals surface area contributed by atoms with Gasteiger partial charge in [0.2, 0.25) is 5.91 Å². The van der Waals surface area contributed by atoms with Gasteiger partial charge in [0.15, 0.2) is 0 Å². The van der Waals surface area contributed by atoms with Crippen LogP contribution in [0.1, 0.15) is 20.8 Å². The number of hydrogen-bond acceptors (Lipinski definition) is 13. The summed E-state index contributed by atoms with van der Waals surface area (Å²) in [5.41, 5.74) is 1.06. The number of ether oxygens (including phenoxy) is 3. The normalized spacial score (nSPS) is 12.2. The quantitative estimate of drug-likeness (QED) is 0.131. The smallest absolute Gasteiger partial charge is 0.325 e. The number of carbonyl (C=O) groups excluding carboxylic acids is 3. The first-order valence-corrected chi connectivity index (χ1v) is 13.1. The van der Waals surface area contributed by atoms with E-state index in [0.717, 1.165) is 0 Å². The number of esters is 2. The van der Waals surface area contributed by atoms with Crippen molar-refractivity contribution in [3.8, 4) is 5.75 Å². The maximum atomic E-state index is 12.3. The number of nitro benzene ring substituents is 1. The standard InChI is InChI=1S/C25H28N6O8S/c1-5-38-24(33)12-30(13-25(34)39-6-2)22-10-19(26-15(3)32)20(11-23(22)37-4)27-28-21-14-40-29-18-8-7-16(31(35)36)9-17(18)21/h7-11H,5-6,12-14H2,1-4H3,(H,26,32)/b28-27+. The van der Waals surface area contributed by atoms with Crippen molar-refractivity contribution in [2.75, 3.05) is 49.4 Å². The average molecular weight is 573 g/mol. The number of nitro groups is 1. The van der Waals surface area contributed by atoms with Crippen LogP contribution in [0.4, 0.5) is 22.7 Å². The van der Waals surface area contributed by atoms with E-state index in [0.29, 0.717) is 27.7 Å². The lowest BCUT2D eigenvalue weighted by molar-refractivity contribution is -0.385. The second kappa shape index (κ2) is 14.0. The molecule has 3 rings (SSSR count). The van der Waals surface area contributed by atoms with Crippen LogP contribution >= 0.6 is 11.9 Å². The number of fused-ring (bicyclic) bond motifs is 1. The van der Waals surface area contributed by atoms with E-state index in [-0.39, 0.29) is 49.1 Å². The number of carbonyl (C=O) groups is 3. The molecule has 1 amide bonds. The fourth-order valence-electron chi connectivity index (χ4n) is 3.68. The zero-order valence-corrected chi connectivity index (χ0v) is 23.1. The molecule has 0 unspecified atom stereocenters. The Labute approximate surface area is 233 Å². The topological polar surface area (TPSA) is 174 Å². The number of amides is 1. The van der Waals surface area contributed by atoms with E-state index in [2.05, 4.69) is 19.9 Å². The minimum atomic E-state index is -0.580. The highest BCUT2D eigenvalue weighted by atomic mass is 32.2. The van der Waals surface area contributed by atoms with Crippen LogP contribution < -0.4 is 25.5 Å². The predicted molar refractivity (Wildman–Crippen MR) is 147 cm³/mol. The number of nitrogens with zero attached hydrogens (tertiary/aromatic N) is 5. The largest absolute Gasteiger partial charge is 0.494 e. The summed E-state index contributed by atoms with van der Waals surface area (Å²) in [7, 11) is 1.40. The van der Waals surface area contributed by atoms with Crippen molar-refractivity contribution in [3.05, 3.63) is 51.0 Å². The van der Waals surface area contributed by atoms with E-state index < -0.39 is 22.8 Å². The van der Waals surface area contributed by atoms with Crippen molar-refractivity contribution in [1.82, 2.24) is 0 Å². The highest BCUT2D eigenvalue weighted by Gasteiger charge is 2.23. The number of non-ortho nitro benzene ring substituents is 1. The van der Waals surface area contributed by atoms with Crippen molar-refractivity contribution >= 4 is 58.2 Å². The van der Waals surface area contributed by atoms with Crippen LogP contribution in [-0.4, -0.2) is 61.9 Å². The number of azo groups is 1. The molecule has 14 nitrogen and oxygen atoms in total. The Morgan fingerprint density at radius 2 is 1.77 bits per heavy atom. The van der Waals surface area contributed by atoms with Crippen molar-refractivity contribution < 1.29 is 33.5 Å².